The molecule has 2 N–H and O–H groups in total. The van der Waals surface area contributed by atoms with Gasteiger partial charge in [-0.1, -0.05) is 26.0 Å². The van der Waals surface area contributed by atoms with E-state index in [2.05, 4.69) is 20.9 Å². The molecule has 1 aliphatic heterocycles. The van der Waals surface area contributed by atoms with Crippen LogP contribution in [0.15, 0.2) is 6.20 Å². The number of hydrogen-bond donors (Lipinski definition) is 2. The summed E-state index contributed by atoms with van der Waals surface area (Å²) in [6, 6.07) is 0.0170. The fourth-order valence-electron chi connectivity index (χ4n) is 2.99. The normalized spacial score (nSPS) is 20.4. The summed E-state index contributed by atoms with van der Waals surface area (Å²) in [4.78, 5) is 26.0. The predicted molar refractivity (Wildman–Crippen MR) is 99.3 cm³/mol. The van der Waals surface area contributed by atoms with Gasteiger partial charge in [0.05, 0.1) is 24.8 Å². The number of aromatic nitrogens is 3. The SMILES string of the molecule is CC(C)NC(=O)[C@@H]1C[C@@H](n2cc(CN(C)C(=O)CC(C)(C)C)nn2)CN1. The second kappa shape index (κ2) is 8.16. The van der Waals surface area contributed by atoms with Crippen LogP contribution in [0.2, 0.25) is 0 Å². The van der Waals surface area contributed by atoms with Crippen LogP contribution in [0.3, 0.4) is 0 Å². The van der Waals surface area contributed by atoms with Gasteiger partial charge in [-0.15, -0.1) is 5.10 Å². The summed E-state index contributed by atoms with van der Waals surface area (Å²) in [5, 5.41) is 14.6. The summed E-state index contributed by atoms with van der Waals surface area (Å²) in [5.74, 6) is 0.121. The average molecular weight is 364 g/mol. The topological polar surface area (TPSA) is 92.2 Å². The molecule has 0 saturated carbocycles. The fraction of sp³-hybridized carbons (Fsp3) is 0.778. The van der Waals surface area contributed by atoms with Crippen molar-refractivity contribution in [2.45, 2.75) is 72.1 Å². The Morgan fingerprint density at radius 2 is 2.12 bits per heavy atom. The smallest absolute Gasteiger partial charge is 0.237 e. The minimum absolute atomic E-state index is 0.0235. The van der Waals surface area contributed by atoms with Crippen LogP contribution in [-0.2, 0) is 16.1 Å². The lowest BCUT2D eigenvalue weighted by Crippen LogP contribution is -2.43. The molecule has 146 valence electrons. The molecule has 26 heavy (non-hydrogen) atoms. The number of hydrogen-bond acceptors (Lipinski definition) is 5. The highest BCUT2D eigenvalue weighted by Gasteiger charge is 2.31. The van der Waals surface area contributed by atoms with E-state index in [9.17, 15) is 9.59 Å². The molecule has 8 heteroatoms. The molecule has 0 bridgehead atoms. The fourth-order valence-corrected chi connectivity index (χ4v) is 2.99. The predicted octanol–water partition coefficient (Wildman–Crippen LogP) is 1.10. The lowest BCUT2D eigenvalue weighted by atomic mass is 9.92. The highest BCUT2D eigenvalue weighted by atomic mass is 16.2. The third-order valence-electron chi connectivity index (χ3n) is 4.29. The summed E-state index contributed by atoms with van der Waals surface area (Å²) < 4.78 is 1.80. The van der Waals surface area contributed by atoms with Crippen molar-refractivity contribution in [3.63, 3.8) is 0 Å². The number of rotatable bonds is 6. The zero-order valence-electron chi connectivity index (χ0n) is 16.7. The Kier molecular flexibility index (Phi) is 6.39. The molecule has 1 aromatic heterocycles. The first-order chi connectivity index (χ1) is 12.0. The summed E-state index contributed by atoms with van der Waals surface area (Å²) in [6.07, 6.45) is 3.05. The lowest BCUT2D eigenvalue weighted by Gasteiger charge is -2.22. The Morgan fingerprint density at radius 1 is 1.42 bits per heavy atom. The van der Waals surface area contributed by atoms with Crippen molar-refractivity contribution < 1.29 is 9.59 Å². The van der Waals surface area contributed by atoms with E-state index in [1.807, 2.05) is 40.8 Å². The minimum atomic E-state index is -0.203. The summed E-state index contributed by atoms with van der Waals surface area (Å²) in [6.45, 7) is 11.2. The van der Waals surface area contributed by atoms with Crippen molar-refractivity contribution >= 4 is 11.8 Å². The highest BCUT2D eigenvalue weighted by Crippen LogP contribution is 2.21. The molecule has 0 radical (unpaired) electrons. The van der Waals surface area contributed by atoms with Crippen molar-refractivity contribution in [1.29, 1.82) is 0 Å². The van der Waals surface area contributed by atoms with Crippen molar-refractivity contribution in [2.75, 3.05) is 13.6 Å². The molecule has 2 heterocycles. The van der Waals surface area contributed by atoms with Crippen LogP contribution >= 0.6 is 0 Å². The maximum atomic E-state index is 12.2. The van der Waals surface area contributed by atoms with Gasteiger partial charge < -0.3 is 15.5 Å². The van der Waals surface area contributed by atoms with E-state index < -0.39 is 0 Å². The average Bonchev–Trinajstić information content (AvgIpc) is 3.13. The maximum Gasteiger partial charge on any atom is 0.237 e. The van der Waals surface area contributed by atoms with Gasteiger partial charge in [-0.2, -0.15) is 0 Å². The molecule has 2 rings (SSSR count). The van der Waals surface area contributed by atoms with Crippen LogP contribution in [0.25, 0.3) is 0 Å². The van der Waals surface area contributed by atoms with Crippen LogP contribution in [-0.4, -0.2) is 57.4 Å². The standard InChI is InChI=1S/C18H32N6O2/c1-12(2)20-17(26)15-7-14(9-19-15)24-11-13(21-22-24)10-23(6)16(25)8-18(3,4)5/h11-12,14-15,19H,7-10H2,1-6H3,(H,20,26)/t14-,15+/m1/s1. The molecule has 1 aliphatic rings. The number of amides is 2. The van der Waals surface area contributed by atoms with E-state index in [1.165, 1.54) is 0 Å². The second-order valence-corrected chi connectivity index (χ2v) is 8.69. The molecule has 2 atom stereocenters. The quantitative estimate of drug-likeness (QED) is 0.789. The van der Waals surface area contributed by atoms with Crippen LogP contribution in [0, 0.1) is 5.41 Å². The van der Waals surface area contributed by atoms with Crippen LogP contribution in [0.1, 0.15) is 59.2 Å². The van der Waals surface area contributed by atoms with E-state index in [-0.39, 0.29) is 35.4 Å². The Balaban J connectivity index is 1.90. The molecule has 1 saturated heterocycles. The maximum absolute atomic E-state index is 12.2. The van der Waals surface area contributed by atoms with Gasteiger partial charge >= 0.3 is 0 Å². The van der Waals surface area contributed by atoms with Crippen molar-refractivity contribution in [3.05, 3.63) is 11.9 Å². The first-order valence-electron chi connectivity index (χ1n) is 9.23. The molecule has 0 unspecified atom stereocenters. The van der Waals surface area contributed by atoms with E-state index in [0.717, 1.165) is 5.69 Å². The van der Waals surface area contributed by atoms with Gasteiger partial charge in [-0.3, -0.25) is 9.59 Å². The molecule has 1 aromatic rings. The van der Waals surface area contributed by atoms with Gasteiger partial charge in [-0.25, -0.2) is 4.68 Å². The molecule has 0 aliphatic carbocycles. The summed E-state index contributed by atoms with van der Waals surface area (Å²) in [5.41, 5.74) is 0.717. The largest absolute Gasteiger partial charge is 0.353 e. The van der Waals surface area contributed by atoms with Crippen LogP contribution in [0.5, 0.6) is 0 Å². The Bertz CT molecular complexity index is 634. The zero-order chi connectivity index (χ0) is 19.5. The van der Waals surface area contributed by atoms with Gasteiger partial charge in [0.2, 0.25) is 11.8 Å². The molecular weight excluding hydrogens is 332 g/mol. The molecule has 0 aromatic carbocycles. The monoisotopic (exact) mass is 364 g/mol. The molecule has 1 fully saturated rings. The number of carbonyl (C=O) groups is 2. The van der Waals surface area contributed by atoms with E-state index in [0.29, 0.717) is 25.9 Å². The minimum Gasteiger partial charge on any atom is -0.353 e. The lowest BCUT2D eigenvalue weighted by molar-refractivity contribution is -0.132. The zero-order valence-corrected chi connectivity index (χ0v) is 16.7. The van der Waals surface area contributed by atoms with Gasteiger partial charge in [0.25, 0.3) is 0 Å². The summed E-state index contributed by atoms with van der Waals surface area (Å²) in [7, 11) is 1.79. The van der Waals surface area contributed by atoms with Crippen LogP contribution in [0.4, 0.5) is 0 Å². The van der Waals surface area contributed by atoms with E-state index >= 15 is 0 Å². The van der Waals surface area contributed by atoms with Gasteiger partial charge in [0, 0.05) is 26.1 Å². The van der Waals surface area contributed by atoms with Gasteiger partial charge in [-0.05, 0) is 25.7 Å². The first kappa shape index (κ1) is 20.4. The number of carbonyl (C=O) groups excluding carboxylic acids is 2. The second-order valence-electron chi connectivity index (χ2n) is 8.69. The Morgan fingerprint density at radius 3 is 2.73 bits per heavy atom. The molecular formula is C18H32N6O2. The molecule has 8 nitrogen and oxygen atoms in total. The van der Waals surface area contributed by atoms with E-state index in [1.54, 1.807) is 16.6 Å². The van der Waals surface area contributed by atoms with Crippen molar-refractivity contribution in [1.82, 2.24) is 30.5 Å². The van der Waals surface area contributed by atoms with Crippen molar-refractivity contribution in [3.8, 4) is 0 Å². The molecule has 0 spiro atoms. The van der Waals surface area contributed by atoms with E-state index in [4.69, 9.17) is 0 Å². The summed E-state index contributed by atoms with van der Waals surface area (Å²) >= 11 is 0. The van der Waals surface area contributed by atoms with Crippen molar-refractivity contribution in [2.24, 2.45) is 5.41 Å². The number of nitrogens with zero attached hydrogens (tertiary/aromatic N) is 4. The van der Waals surface area contributed by atoms with Gasteiger partial charge in [0.15, 0.2) is 0 Å². The molecule has 2 amide bonds. The third-order valence-corrected chi connectivity index (χ3v) is 4.29. The third kappa shape index (κ3) is 5.79. The number of nitrogens with one attached hydrogen (secondary N) is 2. The first-order valence-corrected chi connectivity index (χ1v) is 9.23. The van der Waals surface area contributed by atoms with Crippen LogP contribution < -0.4 is 10.6 Å². The van der Waals surface area contributed by atoms with Gasteiger partial charge in [0.1, 0.15) is 5.69 Å². The highest BCUT2D eigenvalue weighted by molar-refractivity contribution is 5.82. The Labute approximate surface area is 155 Å². The Hall–Kier alpha value is -1.96.